The van der Waals surface area contributed by atoms with Crippen molar-refractivity contribution in [3.8, 4) is 0 Å². The highest BCUT2D eigenvalue weighted by molar-refractivity contribution is 9.10. The van der Waals surface area contributed by atoms with Gasteiger partial charge in [-0.15, -0.1) is 10.2 Å². The predicted octanol–water partition coefficient (Wildman–Crippen LogP) is 3.09. The van der Waals surface area contributed by atoms with Crippen LogP contribution in [0.2, 0.25) is 0 Å². The van der Waals surface area contributed by atoms with Crippen LogP contribution in [0.1, 0.15) is 10.8 Å². The molecule has 0 spiro atoms. The van der Waals surface area contributed by atoms with Gasteiger partial charge in [-0.05, 0) is 11.6 Å². The molecule has 1 atom stereocenters. The monoisotopic (exact) mass is 315 g/mol. The Labute approximate surface area is 111 Å². The van der Waals surface area contributed by atoms with Crippen molar-refractivity contribution in [1.29, 1.82) is 0 Å². The van der Waals surface area contributed by atoms with Crippen LogP contribution < -0.4 is 5.73 Å². The maximum absolute atomic E-state index is 5.81. The number of nitrogens with zero attached hydrogens (tertiary/aromatic N) is 2. The van der Waals surface area contributed by atoms with Gasteiger partial charge in [0.05, 0.1) is 5.25 Å². The summed E-state index contributed by atoms with van der Waals surface area (Å²) >= 11 is 6.73. The zero-order valence-corrected chi connectivity index (χ0v) is 11.6. The lowest BCUT2D eigenvalue weighted by Crippen LogP contribution is -2.09. The van der Waals surface area contributed by atoms with Crippen LogP contribution in [0.5, 0.6) is 0 Å². The summed E-state index contributed by atoms with van der Waals surface area (Å²) in [4.78, 5) is 0. The summed E-state index contributed by atoms with van der Waals surface area (Å²) in [5.41, 5.74) is 8.74. The molecule has 0 amide bonds. The zero-order valence-electron chi connectivity index (χ0n) is 8.34. The van der Waals surface area contributed by atoms with E-state index in [4.69, 9.17) is 5.73 Å². The molecule has 1 heterocycles. The van der Waals surface area contributed by atoms with E-state index in [1.54, 1.807) is 17.3 Å². The largest absolute Gasteiger partial charge is 0.329 e. The Morgan fingerprint density at radius 1 is 1.44 bits per heavy atom. The molecule has 0 bridgehead atoms. The van der Waals surface area contributed by atoms with Crippen molar-refractivity contribution in [2.75, 3.05) is 6.54 Å². The van der Waals surface area contributed by atoms with Gasteiger partial charge in [-0.25, -0.2) is 0 Å². The second kappa shape index (κ2) is 5.77. The molecule has 0 saturated carbocycles. The third-order valence-corrected chi connectivity index (χ3v) is 4.85. The smallest absolute Gasteiger partial charge is 0.174 e. The number of nitrogens with two attached hydrogens (primary N) is 1. The predicted molar refractivity (Wildman–Crippen MR) is 71.7 cm³/mol. The number of thioether (sulfide) groups is 1. The SMILES string of the molecule is NCC(Sc1nncs1)c1ccccc1Br. The van der Waals surface area contributed by atoms with E-state index in [0.29, 0.717) is 6.54 Å². The molecule has 2 aromatic rings. The number of halogens is 1. The second-order valence-electron chi connectivity index (χ2n) is 3.07. The Morgan fingerprint density at radius 2 is 2.25 bits per heavy atom. The van der Waals surface area contributed by atoms with Gasteiger partial charge < -0.3 is 5.73 Å². The zero-order chi connectivity index (χ0) is 11.4. The van der Waals surface area contributed by atoms with Crippen LogP contribution >= 0.6 is 39.0 Å². The number of aromatic nitrogens is 2. The van der Waals surface area contributed by atoms with Crippen LogP contribution in [-0.4, -0.2) is 16.7 Å². The molecule has 16 heavy (non-hydrogen) atoms. The molecule has 6 heteroatoms. The molecule has 2 rings (SSSR count). The summed E-state index contributed by atoms with van der Waals surface area (Å²) in [6.07, 6.45) is 0. The van der Waals surface area contributed by atoms with E-state index in [9.17, 15) is 0 Å². The van der Waals surface area contributed by atoms with Gasteiger partial charge in [-0.3, -0.25) is 0 Å². The molecule has 0 fully saturated rings. The average Bonchev–Trinajstić information content (AvgIpc) is 2.80. The highest BCUT2D eigenvalue weighted by Crippen LogP contribution is 2.37. The minimum atomic E-state index is 0.212. The van der Waals surface area contributed by atoms with Crippen LogP contribution in [0, 0.1) is 0 Å². The first-order chi connectivity index (χ1) is 7.81. The topological polar surface area (TPSA) is 51.8 Å². The first kappa shape index (κ1) is 12.0. The lowest BCUT2D eigenvalue weighted by atomic mass is 10.1. The summed E-state index contributed by atoms with van der Waals surface area (Å²) in [6.45, 7) is 0.576. The quantitative estimate of drug-likeness (QED) is 0.881. The summed E-state index contributed by atoms with van der Waals surface area (Å²) in [6, 6.07) is 8.12. The number of rotatable bonds is 4. The molecule has 0 aliphatic carbocycles. The standard InChI is InChI=1S/C10H10BrN3S2/c11-8-4-2-1-3-7(8)9(5-12)16-10-14-13-6-15-10/h1-4,6,9H,5,12H2. The summed E-state index contributed by atoms with van der Waals surface area (Å²) in [5.74, 6) is 0. The highest BCUT2D eigenvalue weighted by atomic mass is 79.9. The lowest BCUT2D eigenvalue weighted by Gasteiger charge is -2.14. The Kier molecular flexibility index (Phi) is 4.34. The van der Waals surface area contributed by atoms with Gasteiger partial charge in [0.25, 0.3) is 0 Å². The Bertz CT molecular complexity index is 447. The lowest BCUT2D eigenvalue weighted by molar-refractivity contribution is 0.927. The maximum Gasteiger partial charge on any atom is 0.174 e. The van der Waals surface area contributed by atoms with Gasteiger partial charge in [0, 0.05) is 11.0 Å². The van der Waals surface area contributed by atoms with Crippen molar-refractivity contribution in [1.82, 2.24) is 10.2 Å². The van der Waals surface area contributed by atoms with Gasteiger partial charge in [-0.2, -0.15) is 0 Å². The van der Waals surface area contributed by atoms with Gasteiger partial charge in [0.1, 0.15) is 5.51 Å². The van der Waals surface area contributed by atoms with E-state index in [1.807, 2.05) is 18.2 Å². The molecule has 2 N–H and O–H groups in total. The van der Waals surface area contributed by atoms with Gasteiger partial charge in [0.15, 0.2) is 4.34 Å². The van der Waals surface area contributed by atoms with Gasteiger partial charge in [0.2, 0.25) is 0 Å². The van der Waals surface area contributed by atoms with E-state index in [2.05, 4.69) is 32.2 Å². The fourth-order valence-electron chi connectivity index (χ4n) is 1.31. The van der Waals surface area contributed by atoms with Gasteiger partial charge >= 0.3 is 0 Å². The van der Waals surface area contributed by atoms with Crippen LogP contribution in [0.25, 0.3) is 0 Å². The molecule has 0 saturated heterocycles. The van der Waals surface area contributed by atoms with Crippen molar-refractivity contribution in [2.24, 2.45) is 5.73 Å². The van der Waals surface area contributed by atoms with Crippen molar-refractivity contribution >= 4 is 39.0 Å². The minimum absolute atomic E-state index is 0.212. The van der Waals surface area contributed by atoms with E-state index in [0.717, 1.165) is 8.81 Å². The van der Waals surface area contributed by atoms with Gasteiger partial charge in [-0.1, -0.05) is 57.2 Å². The fourth-order valence-corrected chi connectivity index (χ4v) is 3.77. The molecule has 0 aliphatic heterocycles. The summed E-state index contributed by atoms with van der Waals surface area (Å²) in [7, 11) is 0. The molecule has 3 nitrogen and oxygen atoms in total. The van der Waals surface area contributed by atoms with Crippen LogP contribution in [0.3, 0.4) is 0 Å². The van der Waals surface area contributed by atoms with E-state index in [-0.39, 0.29) is 5.25 Å². The molecular formula is C10H10BrN3S2. The first-order valence-electron chi connectivity index (χ1n) is 4.68. The third-order valence-electron chi connectivity index (χ3n) is 2.05. The van der Waals surface area contributed by atoms with Crippen molar-refractivity contribution in [3.63, 3.8) is 0 Å². The van der Waals surface area contributed by atoms with Crippen LogP contribution in [0.4, 0.5) is 0 Å². The second-order valence-corrected chi connectivity index (χ2v) is 6.21. The van der Waals surface area contributed by atoms with E-state index in [1.165, 1.54) is 16.9 Å². The number of hydrogen-bond donors (Lipinski definition) is 1. The first-order valence-corrected chi connectivity index (χ1v) is 7.24. The van der Waals surface area contributed by atoms with Crippen LogP contribution in [-0.2, 0) is 0 Å². The number of benzene rings is 1. The Morgan fingerprint density at radius 3 is 2.88 bits per heavy atom. The van der Waals surface area contributed by atoms with Crippen LogP contribution in [0.15, 0.2) is 38.6 Å². The minimum Gasteiger partial charge on any atom is -0.329 e. The fraction of sp³-hybridized carbons (Fsp3) is 0.200. The molecule has 1 aromatic carbocycles. The van der Waals surface area contributed by atoms with E-state index < -0.39 is 0 Å². The molecule has 1 aromatic heterocycles. The summed E-state index contributed by atoms with van der Waals surface area (Å²) < 4.78 is 2.04. The van der Waals surface area contributed by atoms with E-state index >= 15 is 0 Å². The van der Waals surface area contributed by atoms with Crippen molar-refractivity contribution in [2.45, 2.75) is 9.59 Å². The Hall–Kier alpha value is -0.430. The molecular weight excluding hydrogens is 306 g/mol. The average molecular weight is 316 g/mol. The third kappa shape index (κ3) is 2.82. The van der Waals surface area contributed by atoms with Crippen molar-refractivity contribution in [3.05, 3.63) is 39.8 Å². The molecule has 0 aliphatic rings. The normalized spacial score (nSPS) is 12.6. The number of hydrogen-bond acceptors (Lipinski definition) is 5. The highest BCUT2D eigenvalue weighted by Gasteiger charge is 2.15. The van der Waals surface area contributed by atoms with Crippen molar-refractivity contribution < 1.29 is 0 Å². The molecule has 1 unspecified atom stereocenters. The Balaban J connectivity index is 2.20. The maximum atomic E-state index is 5.81. The molecule has 84 valence electrons. The molecule has 0 radical (unpaired) electrons. The summed E-state index contributed by atoms with van der Waals surface area (Å²) in [5, 5.41) is 8.05.